The lowest BCUT2D eigenvalue weighted by atomic mass is 9.91. The molecule has 0 aliphatic carbocycles. The molecule has 3 aromatic rings. The van der Waals surface area contributed by atoms with Crippen LogP contribution in [0.4, 0.5) is 0 Å². The minimum atomic E-state index is -0.904. The average molecular weight is 440 g/mol. The molecule has 1 aliphatic rings. The van der Waals surface area contributed by atoms with Crippen LogP contribution in [0.15, 0.2) is 42.5 Å². The third kappa shape index (κ3) is 3.76. The molecule has 0 saturated carbocycles. The van der Waals surface area contributed by atoms with Crippen molar-refractivity contribution in [3.05, 3.63) is 64.7 Å². The monoisotopic (exact) mass is 440 g/mol. The SMILES string of the molecule is Cc1cc(O)cc2c1C[C@@H](OC(=O)c1cc(O)c(O)c(O)c1)[C@@H](c1ccc(O)c(O)c1)O2. The van der Waals surface area contributed by atoms with Gasteiger partial charge in [-0.25, -0.2) is 4.79 Å². The molecule has 2 atom stereocenters. The van der Waals surface area contributed by atoms with Gasteiger partial charge >= 0.3 is 5.97 Å². The van der Waals surface area contributed by atoms with Gasteiger partial charge in [0.2, 0.25) is 0 Å². The van der Waals surface area contributed by atoms with Gasteiger partial charge in [-0.15, -0.1) is 0 Å². The molecule has 0 spiro atoms. The van der Waals surface area contributed by atoms with E-state index in [0.717, 1.165) is 12.1 Å². The van der Waals surface area contributed by atoms with Gasteiger partial charge in [-0.2, -0.15) is 0 Å². The average Bonchev–Trinajstić information content (AvgIpc) is 2.73. The van der Waals surface area contributed by atoms with Crippen molar-refractivity contribution in [3.63, 3.8) is 0 Å². The molecule has 1 heterocycles. The number of phenols is 6. The number of fused-ring (bicyclic) bond motifs is 1. The zero-order chi connectivity index (χ0) is 23.2. The van der Waals surface area contributed by atoms with Crippen LogP contribution in [-0.4, -0.2) is 42.7 Å². The van der Waals surface area contributed by atoms with Crippen LogP contribution in [0.3, 0.4) is 0 Å². The Kier molecular flexibility index (Phi) is 5.09. The molecule has 4 rings (SSSR count). The minimum absolute atomic E-state index is 0.000887. The summed E-state index contributed by atoms with van der Waals surface area (Å²) in [5.74, 6) is -3.36. The predicted molar refractivity (Wildman–Crippen MR) is 110 cm³/mol. The number of aromatic hydroxyl groups is 6. The van der Waals surface area contributed by atoms with Gasteiger partial charge < -0.3 is 40.1 Å². The van der Waals surface area contributed by atoms with Crippen molar-refractivity contribution in [2.24, 2.45) is 0 Å². The second kappa shape index (κ2) is 7.77. The van der Waals surface area contributed by atoms with E-state index in [2.05, 4.69) is 0 Å². The number of aryl methyl sites for hydroxylation is 1. The summed E-state index contributed by atoms with van der Waals surface area (Å²) in [5, 5.41) is 58.4. The van der Waals surface area contributed by atoms with Gasteiger partial charge in [-0.3, -0.25) is 0 Å². The molecule has 6 N–H and O–H groups in total. The molecule has 9 nitrogen and oxygen atoms in total. The van der Waals surface area contributed by atoms with Gasteiger partial charge in [0.25, 0.3) is 0 Å². The first kappa shape index (κ1) is 21.0. The maximum atomic E-state index is 12.8. The molecule has 0 amide bonds. The smallest absolute Gasteiger partial charge is 0.338 e. The van der Waals surface area contributed by atoms with Crippen molar-refractivity contribution in [1.82, 2.24) is 0 Å². The Morgan fingerprint density at radius 3 is 2.25 bits per heavy atom. The molecule has 32 heavy (non-hydrogen) atoms. The van der Waals surface area contributed by atoms with Gasteiger partial charge in [0.15, 0.2) is 34.9 Å². The maximum Gasteiger partial charge on any atom is 0.338 e. The number of ether oxygens (including phenoxy) is 2. The van der Waals surface area contributed by atoms with Gasteiger partial charge in [0.1, 0.15) is 17.6 Å². The number of benzene rings is 3. The molecule has 9 heteroatoms. The lowest BCUT2D eigenvalue weighted by Crippen LogP contribution is -2.35. The fourth-order valence-electron chi connectivity index (χ4n) is 3.69. The van der Waals surface area contributed by atoms with Crippen LogP contribution < -0.4 is 4.74 Å². The number of hydrogen-bond donors (Lipinski definition) is 6. The fourth-order valence-corrected chi connectivity index (χ4v) is 3.69. The van der Waals surface area contributed by atoms with Gasteiger partial charge in [0.05, 0.1) is 5.56 Å². The van der Waals surface area contributed by atoms with E-state index in [9.17, 15) is 35.4 Å². The van der Waals surface area contributed by atoms with Gasteiger partial charge in [-0.1, -0.05) is 6.07 Å². The number of carbonyl (C=O) groups is 1. The summed E-state index contributed by atoms with van der Waals surface area (Å²) >= 11 is 0. The van der Waals surface area contributed by atoms with Gasteiger partial charge in [-0.05, 0) is 42.8 Å². The van der Waals surface area contributed by atoms with Crippen molar-refractivity contribution >= 4 is 5.97 Å². The van der Waals surface area contributed by atoms with Crippen LogP contribution in [0.1, 0.15) is 33.2 Å². The summed E-state index contributed by atoms with van der Waals surface area (Å²) in [4.78, 5) is 12.8. The Morgan fingerprint density at radius 2 is 1.59 bits per heavy atom. The summed E-state index contributed by atoms with van der Waals surface area (Å²) in [6.07, 6.45) is -1.60. The lowest BCUT2D eigenvalue weighted by molar-refractivity contribution is -0.0185. The molecule has 1 aliphatic heterocycles. The van der Waals surface area contributed by atoms with Crippen LogP contribution in [0.25, 0.3) is 0 Å². The van der Waals surface area contributed by atoms with E-state index in [1.807, 2.05) is 0 Å². The fraction of sp³-hybridized carbons (Fsp3) is 0.174. The normalized spacial score (nSPS) is 17.3. The highest BCUT2D eigenvalue weighted by Gasteiger charge is 2.36. The molecular formula is C23H20O9. The lowest BCUT2D eigenvalue weighted by Gasteiger charge is -2.34. The summed E-state index contributed by atoms with van der Waals surface area (Å²) in [7, 11) is 0. The second-order valence-corrected chi connectivity index (χ2v) is 7.54. The Hall–Kier alpha value is -4.27. The van der Waals surface area contributed by atoms with Gasteiger partial charge in [0, 0.05) is 23.6 Å². The third-order valence-corrected chi connectivity index (χ3v) is 5.31. The van der Waals surface area contributed by atoms with Crippen LogP contribution >= 0.6 is 0 Å². The van der Waals surface area contributed by atoms with Crippen molar-refractivity contribution in [1.29, 1.82) is 0 Å². The van der Waals surface area contributed by atoms with E-state index in [-0.39, 0.29) is 29.2 Å². The summed E-state index contributed by atoms with van der Waals surface area (Å²) in [6, 6.07) is 8.94. The largest absolute Gasteiger partial charge is 0.508 e. The molecule has 0 saturated heterocycles. The van der Waals surface area contributed by atoms with Crippen LogP contribution in [-0.2, 0) is 11.2 Å². The first-order chi connectivity index (χ1) is 15.1. The zero-order valence-corrected chi connectivity index (χ0v) is 16.8. The summed E-state index contributed by atoms with van der Waals surface area (Å²) in [5.41, 5.74) is 1.63. The molecular weight excluding hydrogens is 420 g/mol. The molecule has 0 fully saturated rings. The molecule has 3 aromatic carbocycles. The highest BCUT2D eigenvalue weighted by Crippen LogP contribution is 2.42. The molecule has 0 bridgehead atoms. The summed E-state index contributed by atoms with van der Waals surface area (Å²) in [6.45, 7) is 1.77. The van der Waals surface area contributed by atoms with E-state index >= 15 is 0 Å². The van der Waals surface area contributed by atoms with E-state index < -0.39 is 35.4 Å². The Bertz CT molecular complexity index is 1200. The third-order valence-electron chi connectivity index (χ3n) is 5.31. The number of carbonyl (C=O) groups excluding carboxylic acids is 1. The highest BCUT2D eigenvalue weighted by molar-refractivity contribution is 5.91. The van der Waals surface area contributed by atoms with Crippen molar-refractivity contribution in [2.75, 3.05) is 0 Å². The van der Waals surface area contributed by atoms with Crippen molar-refractivity contribution in [3.8, 4) is 40.2 Å². The van der Waals surface area contributed by atoms with Crippen molar-refractivity contribution < 1.29 is 44.9 Å². The van der Waals surface area contributed by atoms with E-state index in [4.69, 9.17) is 9.47 Å². The van der Waals surface area contributed by atoms with E-state index in [1.54, 1.807) is 13.0 Å². The molecule has 0 radical (unpaired) electrons. The topological polar surface area (TPSA) is 157 Å². The van der Waals surface area contributed by atoms with Crippen LogP contribution in [0.2, 0.25) is 0 Å². The Balaban J connectivity index is 1.72. The summed E-state index contributed by atoms with van der Waals surface area (Å²) < 4.78 is 11.7. The maximum absolute atomic E-state index is 12.8. The van der Waals surface area contributed by atoms with Crippen molar-refractivity contribution in [2.45, 2.75) is 25.6 Å². The number of rotatable bonds is 3. The zero-order valence-electron chi connectivity index (χ0n) is 16.8. The quantitative estimate of drug-likeness (QED) is 0.266. The molecule has 0 unspecified atom stereocenters. The number of phenolic OH excluding ortho intramolecular Hbond substituents is 6. The highest BCUT2D eigenvalue weighted by atomic mass is 16.6. The first-order valence-electron chi connectivity index (χ1n) is 9.61. The van der Waals surface area contributed by atoms with Crippen LogP contribution in [0, 0.1) is 6.92 Å². The Labute approximate surface area is 182 Å². The van der Waals surface area contributed by atoms with E-state index in [0.29, 0.717) is 22.4 Å². The standard InChI is InChI=1S/C23H20O9/c1-10-4-13(24)8-19-14(10)9-20(22(31-19)11-2-3-15(25)16(26)5-11)32-23(30)12-6-17(27)21(29)18(28)7-12/h2-8,20,22,24-29H,9H2,1H3/t20-,22-/m1/s1. The second-order valence-electron chi connectivity index (χ2n) is 7.54. The first-order valence-corrected chi connectivity index (χ1v) is 9.61. The minimum Gasteiger partial charge on any atom is -0.508 e. The molecule has 0 aromatic heterocycles. The number of esters is 1. The predicted octanol–water partition coefficient (Wildman–Crippen LogP) is 3.13. The van der Waals surface area contributed by atoms with E-state index in [1.165, 1.54) is 24.3 Å². The number of hydrogen-bond acceptors (Lipinski definition) is 9. The molecule has 166 valence electrons. The Morgan fingerprint density at radius 1 is 0.906 bits per heavy atom. The van der Waals surface area contributed by atoms with Crippen LogP contribution in [0.5, 0.6) is 40.2 Å².